The number of sulfone groups is 1. The molecule has 0 aliphatic carbocycles. The Morgan fingerprint density at radius 3 is 2.65 bits per heavy atom. The van der Waals surface area contributed by atoms with Crippen molar-refractivity contribution < 1.29 is 17.9 Å². The van der Waals surface area contributed by atoms with Gasteiger partial charge in [-0.3, -0.25) is 0 Å². The third-order valence-electron chi connectivity index (χ3n) is 3.61. The van der Waals surface area contributed by atoms with E-state index in [1.807, 2.05) is 12.1 Å². The lowest BCUT2D eigenvalue weighted by molar-refractivity contribution is 0.0276. The van der Waals surface area contributed by atoms with Gasteiger partial charge in [0.15, 0.2) is 9.84 Å². The summed E-state index contributed by atoms with van der Waals surface area (Å²) in [7, 11) is -3.31. The molecule has 2 aliphatic rings. The van der Waals surface area contributed by atoms with E-state index in [-0.39, 0.29) is 19.3 Å². The minimum atomic E-state index is -3.31. The van der Waals surface area contributed by atoms with Crippen LogP contribution in [0, 0.1) is 0 Å². The average Bonchev–Trinajstić information content (AvgIpc) is 2.36. The number of morpholine rings is 1. The monoisotopic (exact) mass is 361 g/mol. The van der Waals surface area contributed by atoms with Gasteiger partial charge in [0.1, 0.15) is 5.25 Å². The summed E-state index contributed by atoms with van der Waals surface area (Å²) in [6.45, 7) is 2.83. The normalized spacial score (nSPS) is 24.4. The molecule has 0 amide bonds. The van der Waals surface area contributed by atoms with Gasteiger partial charge in [0, 0.05) is 17.6 Å². The van der Waals surface area contributed by atoms with Crippen LogP contribution in [0.5, 0.6) is 0 Å². The number of hydrogen-bond donors (Lipinski definition) is 1. The number of ether oxygens (including phenoxy) is 2. The first-order valence-corrected chi connectivity index (χ1v) is 8.86. The summed E-state index contributed by atoms with van der Waals surface area (Å²) in [5.74, 6) is 0. The molecule has 5 nitrogen and oxygen atoms in total. The fourth-order valence-corrected chi connectivity index (χ4v) is 4.87. The minimum absolute atomic E-state index is 0.0242. The maximum Gasteiger partial charge on any atom is 0.186 e. The van der Waals surface area contributed by atoms with Crippen LogP contribution in [0.2, 0.25) is 0 Å². The molecule has 2 aliphatic heterocycles. The molecule has 1 unspecified atom stereocenters. The number of halogens is 1. The summed E-state index contributed by atoms with van der Waals surface area (Å²) in [5, 5.41) is 2.84. The number of hydrogen-bond acceptors (Lipinski definition) is 5. The lowest BCUT2D eigenvalue weighted by Gasteiger charge is -2.27. The summed E-state index contributed by atoms with van der Waals surface area (Å²) in [6.07, 6.45) is -0.0242. The molecule has 3 rings (SSSR count). The van der Waals surface area contributed by atoms with E-state index in [2.05, 4.69) is 21.2 Å². The van der Waals surface area contributed by atoms with E-state index in [1.54, 1.807) is 6.07 Å². The molecule has 0 radical (unpaired) electrons. The Kier molecular flexibility index (Phi) is 4.14. The molecule has 2 heterocycles. The maximum absolute atomic E-state index is 12.4. The zero-order chi connectivity index (χ0) is 14.2. The lowest BCUT2D eigenvalue weighted by Crippen LogP contribution is -2.40. The molecule has 0 aromatic heterocycles. The molecule has 1 aromatic rings. The molecule has 20 heavy (non-hydrogen) atoms. The number of benzene rings is 1. The molecule has 0 spiro atoms. The molecule has 1 atom stereocenters. The van der Waals surface area contributed by atoms with Crippen molar-refractivity contribution >= 4 is 25.8 Å². The van der Waals surface area contributed by atoms with Gasteiger partial charge in [-0.15, -0.1) is 0 Å². The van der Waals surface area contributed by atoms with E-state index in [9.17, 15) is 8.42 Å². The second-order valence-electron chi connectivity index (χ2n) is 4.96. The van der Waals surface area contributed by atoms with Gasteiger partial charge in [0.05, 0.1) is 30.8 Å². The molecule has 2 fully saturated rings. The van der Waals surface area contributed by atoms with Gasteiger partial charge in [-0.1, -0.05) is 6.07 Å². The third-order valence-corrected chi connectivity index (χ3v) is 6.65. The molecule has 2 saturated heterocycles. The van der Waals surface area contributed by atoms with E-state index in [0.29, 0.717) is 16.0 Å². The molecule has 0 saturated carbocycles. The zero-order valence-corrected chi connectivity index (χ0v) is 13.2. The Bertz CT molecular complexity index is 594. The van der Waals surface area contributed by atoms with Crippen LogP contribution in [-0.2, 0) is 19.3 Å². The maximum atomic E-state index is 12.4. The summed E-state index contributed by atoms with van der Waals surface area (Å²) < 4.78 is 36.0. The van der Waals surface area contributed by atoms with Gasteiger partial charge < -0.3 is 14.8 Å². The van der Waals surface area contributed by atoms with Gasteiger partial charge in [0.25, 0.3) is 0 Å². The third kappa shape index (κ3) is 2.65. The molecule has 1 aromatic carbocycles. The number of rotatable bonds is 3. The van der Waals surface area contributed by atoms with E-state index in [1.165, 1.54) is 0 Å². The predicted molar refractivity (Wildman–Crippen MR) is 77.5 cm³/mol. The van der Waals surface area contributed by atoms with E-state index >= 15 is 0 Å². The highest BCUT2D eigenvalue weighted by Gasteiger charge is 2.35. The Hall–Kier alpha value is -0.470. The van der Waals surface area contributed by atoms with Crippen molar-refractivity contribution in [2.24, 2.45) is 0 Å². The van der Waals surface area contributed by atoms with Crippen LogP contribution >= 0.6 is 15.9 Å². The summed E-state index contributed by atoms with van der Waals surface area (Å²) >= 11 is 3.38. The minimum Gasteiger partial charge on any atom is -0.379 e. The average molecular weight is 362 g/mol. The first-order valence-electron chi connectivity index (χ1n) is 6.52. The molecular formula is C13H16BrNO4S. The van der Waals surface area contributed by atoms with Crippen molar-refractivity contribution in [2.75, 3.05) is 32.9 Å². The topological polar surface area (TPSA) is 64.6 Å². The van der Waals surface area contributed by atoms with Crippen molar-refractivity contribution in [3.8, 4) is 0 Å². The van der Waals surface area contributed by atoms with E-state index in [4.69, 9.17) is 9.47 Å². The van der Waals surface area contributed by atoms with Gasteiger partial charge in [-0.05, 0) is 33.6 Å². The van der Waals surface area contributed by atoms with Gasteiger partial charge in [-0.25, -0.2) is 8.42 Å². The second-order valence-corrected chi connectivity index (χ2v) is 8.01. The molecule has 7 heteroatoms. The molecule has 110 valence electrons. The summed E-state index contributed by atoms with van der Waals surface area (Å²) in [4.78, 5) is 0.332. The predicted octanol–water partition coefficient (Wildman–Crippen LogP) is 1.28. The van der Waals surface area contributed by atoms with Crippen LogP contribution in [0.4, 0.5) is 0 Å². The second kappa shape index (κ2) is 5.73. The van der Waals surface area contributed by atoms with Crippen LogP contribution in [0.1, 0.15) is 11.7 Å². The van der Waals surface area contributed by atoms with Gasteiger partial charge in [-0.2, -0.15) is 0 Å². The van der Waals surface area contributed by atoms with Gasteiger partial charge in [0.2, 0.25) is 0 Å². The highest BCUT2D eigenvalue weighted by atomic mass is 79.9. The van der Waals surface area contributed by atoms with Gasteiger partial charge >= 0.3 is 0 Å². The summed E-state index contributed by atoms with van der Waals surface area (Å²) in [6, 6.07) is 5.32. The number of nitrogens with one attached hydrogen (secondary N) is 1. The van der Waals surface area contributed by atoms with Crippen LogP contribution in [0.25, 0.3) is 0 Å². The first kappa shape index (κ1) is 14.5. The van der Waals surface area contributed by atoms with E-state index in [0.717, 1.165) is 18.7 Å². The molecule has 0 bridgehead atoms. The summed E-state index contributed by atoms with van der Waals surface area (Å²) in [5.41, 5.74) is 0.980. The highest BCUT2D eigenvalue weighted by Crippen LogP contribution is 2.31. The largest absolute Gasteiger partial charge is 0.379 e. The SMILES string of the molecule is O=S(=O)(c1ccc(C2CNCCO2)cc1Br)C1COC1. The van der Waals surface area contributed by atoms with Crippen LogP contribution in [-0.4, -0.2) is 46.6 Å². The molecule has 1 N–H and O–H groups in total. The fourth-order valence-electron chi connectivity index (χ4n) is 2.30. The lowest BCUT2D eigenvalue weighted by atomic mass is 10.1. The molecular weight excluding hydrogens is 346 g/mol. The van der Waals surface area contributed by atoms with Crippen LogP contribution in [0.3, 0.4) is 0 Å². The van der Waals surface area contributed by atoms with Crippen molar-refractivity contribution in [1.29, 1.82) is 0 Å². The fraction of sp³-hybridized carbons (Fsp3) is 0.538. The standard InChI is InChI=1S/C13H16BrNO4S/c14-11-5-9(12-6-15-3-4-19-12)1-2-13(11)20(16,17)10-7-18-8-10/h1-2,5,10,12,15H,3-4,6-8H2. The van der Waals surface area contributed by atoms with Crippen LogP contribution < -0.4 is 5.32 Å². The first-order chi connectivity index (χ1) is 9.59. The van der Waals surface area contributed by atoms with E-state index < -0.39 is 15.1 Å². The Morgan fingerprint density at radius 1 is 1.30 bits per heavy atom. The van der Waals surface area contributed by atoms with Crippen LogP contribution in [0.15, 0.2) is 27.6 Å². The van der Waals surface area contributed by atoms with Crippen molar-refractivity contribution in [1.82, 2.24) is 5.32 Å². The van der Waals surface area contributed by atoms with Crippen molar-refractivity contribution in [3.05, 3.63) is 28.2 Å². The zero-order valence-electron chi connectivity index (χ0n) is 10.8. The van der Waals surface area contributed by atoms with Crippen molar-refractivity contribution in [2.45, 2.75) is 16.2 Å². The quantitative estimate of drug-likeness (QED) is 0.878. The van der Waals surface area contributed by atoms with Crippen molar-refractivity contribution in [3.63, 3.8) is 0 Å². The Labute approximate surface area is 126 Å². The Balaban J connectivity index is 1.87. The Morgan fingerprint density at radius 2 is 2.10 bits per heavy atom. The smallest absolute Gasteiger partial charge is 0.186 e. The highest BCUT2D eigenvalue weighted by molar-refractivity contribution is 9.10.